The van der Waals surface area contributed by atoms with Gasteiger partial charge in [-0.2, -0.15) is 0 Å². The zero-order valence-electron chi connectivity index (χ0n) is 8.90. The number of amidine groups is 1. The fraction of sp³-hybridized carbons (Fsp3) is 0.417. The van der Waals surface area contributed by atoms with Crippen LogP contribution in [0.25, 0.3) is 0 Å². The van der Waals surface area contributed by atoms with E-state index in [0.717, 1.165) is 16.2 Å². The molecular formula is C12H13BrN2S. The van der Waals surface area contributed by atoms with E-state index in [0.29, 0.717) is 0 Å². The van der Waals surface area contributed by atoms with Crippen molar-refractivity contribution in [3.05, 3.63) is 28.7 Å². The number of benzene rings is 1. The van der Waals surface area contributed by atoms with Crippen LogP contribution in [-0.2, 0) is 0 Å². The van der Waals surface area contributed by atoms with Crippen molar-refractivity contribution in [2.45, 2.75) is 18.9 Å². The van der Waals surface area contributed by atoms with E-state index >= 15 is 0 Å². The standard InChI is InChI=1S/C12H13BrN2S/c13-9-3-5-10(6-4-9)14-12-15-7-1-2-11(15)8-16-12/h3-6,11H,1-2,7-8H2/t11-/m0/s1. The molecule has 1 atom stereocenters. The summed E-state index contributed by atoms with van der Waals surface area (Å²) in [5, 5.41) is 1.21. The van der Waals surface area contributed by atoms with Crippen LogP contribution in [0, 0.1) is 0 Å². The Morgan fingerprint density at radius 1 is 1.31 bits per heavy atom. The summed E-state index contributed by atoms with van der Waals surface area (Å²) in [6, 6.07) is 8.95. The van der Waals surface area contributed by atoms with Crippen molar-refractivity contribution in [3.8, 4) is 0 Å². The third-order valence-electron chi connectivity index (χ3n) is 3.08. The molecule has 2 fully saturated rings. The molecule has 0 aromatic heterocycles. The maximum absolute atomic E-state index is 4.73. The first-order valence-corrected chi connectivity index (χ1v) is 7.34. The van der Waals surface area contributed by atoms with Gasteiger partial charge in [0.25, 0.3) is 0 Å². The average Bonchev–Trinajstić information content (AvgIpc) is 2.86. The van der Waals surface area contributed by atoms with E-state index in [1.165, 1.54) is 30.3 Å². The summed E-state index contributed by atoms with van der Waals surface area (Å²) in [7, 11) is 0. The molecule has 2 aliphatic rings. The summed E-state index contributed by atoms with van der Waals surface area (Å²) in [5.74, 6) is 1.22. The highest BCUT2D eigenvalue weighted by Crippen LogP contribution is 2.33. The minimum absolute atomic E-state index is 0.749. The second-order valence-corrected chi connectivity index (χ2v) is 6.07. The van der Waals surface area contributed by atoms with Crippen LogP contribution < -0.4 is 0 Å². The molecule has 0 aliphatic carbocycles. The van der Waals surface area contributed by atoms with E-state index in [2.05, 4.69) is 33.0 Å². The van der Waals surface area contributed by atoms with E-state index in [1.54, 1.807) is 0 Å². The normalized spacial score (nSPS) is 26.4. The van der Waals surface area contributed by atoms with Gasteiger partial charge in [0.2, 0.25) is 0 Å². The van der Waals surface area contributed by atoms with Crippen molar-refractivity contribution in [3.63, 3.8) is 0 Å². The molecule has 0 spiro atoms. The lowest BCUT2D eigenvalue weighted by Gasteiger charge is -2.16. The van der Waals surface area contributed by atoms with E-state index in [4.69, 9.17) is 4.99 Å². The van der Waals surface area contributed by atoms with Crippen LogP contribution >= 0.6 is 27.7 Å². The lowest BCUT2D eigenvalue weighted by Crippen LogP contribution is -2.27. The third-order valence-corrected chi connectivity index (χ3v) is 4.74. The summed E-state index contributed by atoms with van der Waals surface area (Å²) in [6.45, 7) is 1.19. The first kappa shape index (κ1) is 10.7. The van der Waals surface area contributed by atoms with Gasteiger partial charge in [0.05, 0.1) is 5.69 Å². The van der Waals surface area contributed by atoms with E-state index in [9.17, 15) is 0 Å². The summed E-state index contributed by atoms with van der Waals surface area (Å²) < 4.78 is 1.11. The van der Waals surface area contributed by atoms with Gasteiger partial charge in [-0.05, 0) is 37.1 Å². The lowest BCUT2D eigenvalue weighted by atomic mass is 10.2. The molecule has 1 aromatic rings. The maximum Gasteiger partial charge on any atom is 0.164 e. The van der Waals surface area contributed by atoms with Crippen LogP contribution in [0.15, 0.2) is 33.7 Å². The summed E-state index contributed by atoms with van der Waals surface area (Å²) in [5.41, 5.74) is 1.05. The van der Waals surface area contributed by atoms with Crippen LogP contribution in [0.2, 0.25) is 0 Å². The van der Waals surface area contributed by atoms with Crippen molar-refractivity contribution in [1.82, 2.24) is 4.90 Å². The number of nitrogens with zero attached hydrogens (tertiary/aromatic N) is 2. The highest BCUT2D eigenvalue weighted by Gasteiger charge is 2.33. The third kappa shape index (κ3) is 2.00. The van der Waals surface area contributed by atoms with Gasteiger partial charge >= 0.3 is 0 Å². The van der Waals surface area contributed by atoms with Gasteiger partial charge in [0.1, 0.15) is 0 Å². The quantitative estimate of drug-likeness (QED) is 0.786. The van der Waals surface area contributed by atoms with Gasteiger partial charge in [-0.15, -0.1) is 0 Å². The molecule has 0 bridgehead atoms. The highest BCUT2D eigenvalue weighted by molar-refractivity contribution is 9.10. The molecule has 16 heavy (non-hydrogen) atoms. The maximum atomic E-state index is 4.73. The second-order valence-electron chi connectivity index (χ2n) is 4.17. The molecule has 84 valence electrons. The van der Waals surface area contributed by atoms with Gasteiger partial charge in [-0.3, -0.25) is 0 Å². The number of rotatable bonds is 1. The summed E-state index contributed by atoms with van der Waals surface area (Å²) in [4.78, 5) is 7.19. The number of aliphatic imine (C=N–C) groups is 1. The summed E-state index contributed by atoms with van der Waals surface area (Å²) in [6.07, 6.45) is 2.66. The molecule has 2 nitrogen and oxygen atoms in total. The van der Waals surface area contributed by atoms with Crippen LogP contribution in [0.3, 0.4) is 0 Å². The van der Waals surface area contributed by atoms with Crippen molar-refractivity contribution >= 4 is 38.5 Å². The zero-order valence-corrected chi connectivity index (χ0v) is 11.3. The van der Waals surface area contributed by atoms with Gasteiger partial charge in [0.15, 0.2) is 5.17 Å². The number of thioether (sulfide) groups is 1. The van der Waals surface area contributed by atoms with Crippen LogP contribution in [0.4, 0.5) is 5.69 Å². The molecule has 0 N–H and O–H groups in total. The number of hydrogen-bond acceptors (Lipinski definition) is 2. The highest BCUT2D eigenvalue weighted by atomic mass is 79.9. The molecule has 0 unspecified atom stereocenters. The molecule has 0 radical (unpaired) electrons. The Kier molecular flexibility index (Phi) is 2.94. The lowest BCUT2D eigenvalue weighted by molar-refractivity contribution is 0.440. The minimum Gasteiger partial charge on any atom is -0.347 e. The van der Waals surface area contributed by atoms with E-state index in [1.807, 2.05) is 23.9 Å². The molecule has 3 rings (SSSR count). The van der Waals surface area contributed by atoms with Gasteiger partial charge in [0, 0.05) is 22.8 Å². The Hall–Kier alpha value is -0.480. The summed E-state index contributed by atoms with van der Waals surface area (Å²) >= 11 is 5.34. The number of halogens is 1. The molecule has 2 aliphatic heterocycles. The monoisotopic (exact) mass is 296 g/mol. The second kappa shape index (κ2) is 4.41. The smallest absolute Gasteiger partial charge is 0.164 e. The minimum atomic E-state index is 0.749. The van der Waals surface area contributed by atoms with Gasteiger partial charge in [-0.25, -0.2) is 4.99 Å². The van der Waals surface area contributed by atoms with Crippen molar-refractivity contribution in [2.24, 2.45) is 4.99 Å². The Balaban J connectivity index is 1.84. The van der Waals surface area contributed by atoms with Gasteiger partial charge in [-0.1, -0.05) is 27.7 Å². The molecule has 4 heteroatoms. The molecule has 0 amide bonds. The predicted octanol–water partition coefficient (Wildman–Crippen LogP) is 3.65. The first-order chi connectivity index (χ1) is 7.83. The van der Waals surface area contributed by atoms with Crippen molar-refractivity contribution < 1.29 is 0 Å². The predicted molar refractivity (Wildman–Crippen MR) is 73.4 cm³/mol. The topological polar surface area (TPSA) is 15.6 Å². The largest absolute Gasteiger partial charge is 0.347 e. The van der Waals surface area contributed by atoms with Crippen LogP contribution in [0.5, 0.6) is 0 Å². The van der Waals surface area contributed by atoms with E-state index in [-0.39, 0.29) is 0 Å². The molecule has 2 heterocycles. The van der Waals surface area contributed by atoms with Crippen molar-refractivity contribution in [1.29, 1.82) is 0 Å². The Morgan fingerprint density at radius 2 is 2.12 bits per heavy atom. The average molecular weight is 297 g/mol. The SMILES string of the molecule is Brc1ccc(N=C2SC[C@@H]3CCCN23)cc1. The number of fused-ring (bicyclic) bond motifs is 1. The van der Waals surface area contributed by atoms with Crippen molar-refractivity contribution in [2.75, 3.05) is 12.3 Å². The number of hydrogen-bond donors (Lipinski definition) is 0. The Bertz CT molecular complexity index is 416. The first-order valence-electron chi connectivity index (χ1n) is 5.56. The molecular weight excluding hydrogens is 284 g/mol. The van der Waals surface area contributed by atoms with Crippen LogP contribution in [-0.4, -0.2) is 28.4 Å². The Morgan fingerprint density at radius 3 is 2.94 bits per heavy atom. The fourth-order valence-electron chi connectivity index (χ4n) is 2.24. The molecule has 2 saturated heterocycles. The fourth-order valence-corrected chi connectivity index (χ4v) is 3.77. The zero-order chi connectivity index (χ0) is 11.0. The Labute approximate surface area is 108 Å². The van der Waals surface area contributed by atoms with Gasteiger partial charge < -0.3 is 4.90 Å². The van der Waals surface area contributed by atoms with E-state index < -0.39 is 0 Å². The van der Waals surface area contributed by atoms with Crippen LogP contribution in [0.1, 0.15) is 12.8 Å². The molecule has 1 aromatic carbocycles. The molecule has 0 saturated carbocycles.